The molecule has 250 valence electrons. The first kappa shape index (κ1) is 34.0. The van der Waals surface area contributed by atoms with E-state index in [1.165, 1.54) is 24.5 Å². The molecule has 2 amide bonds. The number of aromatic amines is 1. The van der Waals surface area contributed by atoms with Gasteiger partial charge in [-0.2, -0.15) is 0 Å². The highest BCUT2D eigenvalue weighted by molar-refractivity contribution is 6.35. The lowest BCUT2D eigenvalue weighted by molar-refractivity contribution is -0.135. The summed E-state index contributed by atoms with van der Waals surface area (Å²) in [6.07, 6.45) is 3.67. The number of aromatic nitrogens is 3. The lowest BCUT2D eigenvalue weighted by Gasteiger charge is -2.40. The number of rotatable bonds is 11. The number of nitrogens with zero attached hydrogens (tertiary/aromatic N) is 4. The molecule has 1 aromatic carbocycles. The molecule has 4 heterocycles. The Balaban J connectivity index is 1.43. The van der Waals surface area contributed by atoms with Crippen molar-refractivity contribution in [3.05, 3.63) is 63.4 Å². The number of H-pyrrole nitrogens is 1. The predicted molar refractivity (Wildman–Crippen MR) is 177 cm³/mol. The number of likely N-dealkylation sites (tertiary alicyclic amines) is 1. The van der Waals surface area contributed by atoms with E-state index >= 15 is 0 Å². The Morgan fingerprint density at radius 2 is 1.94 bits per heavy atom. The predicted octanol–water partition coefficient (Wildman–Crippen LogP) is 4.56. The average Bonchev–Trinajstić information content (AvgIpc) is 3.53. The van der Waals surface area contributed by atoms with Crippen molar-refractivity contribution in [3.8, 4) is 0 Å². The number of likely N-dealkylation sites (N-methyl/N-ethyl adjacent to an activating group) is 1. The van der Waals surface area contributed by atoms with Crippen LogP contribution < -0.4 is 10.6 Å². The largest absolute Gasteiger partial charge is 0.462 e. The number of ether oxygens (including phenoxy) is 1. The second kappa shape index (κ2) is 14.2. The summed E-state index contributed by atoms with van der Waals surface area (Å²) in [6.45, 7) is 10.7. The Morgan fingerprint density at radius 3 is 2.60 bits per heavy atom. The number of hydrogen-bond acceptors (Lipinski definition) is 9. The monoisotopic (exact) mass is 667 g/mol. The first-order valence-corrected chi connectivity index (χ1v) is 16.1. The molecule has 1 saturated heterocycles. The van der Waals surface area contributed by atoms with Gasteiger partial charge in [0.25, 0.3) is 5.91 Å². The van der Waals surface area contributed by atoms with E-state index in [0.29, 0.717) is 60.7 Å². The van der Waals surface area contributed by atoms with Crippen molar-refractivity contribution in [2.24, 2.45) is 0 Å². The number of fused-ring (bicyclic) bond motifs is 1. The maximum absolute atomic E-state index is 13.8. The second-order valence-corrected chi connectivity index (χ2v) is 12.1. The summed E-state index contributed by atoms with van der Waals surface area (Å²) in [7, 11) is 0. The number of aliphatic hydroxyl groups is 1. The van der Waals surface area contributed by atoms with Crippen molar-refractivity contribution in [2.45, 2.75) is 52.6 Å². The third-order valence-corrected chi connectivity index (χ3v) is 8.99. The minimum Gasteiger partial charge on any atom is -0.462 e. The molecule has 12 nitrogen and oxygen atoms in total. The normalized spacial score (nSPS) is 16.4. The van der Waals surface area contributed by atoms with Crippen molar-refractivity contribution in [3.63, 3.8) is 0 Å². The summed E-state index contributed by atoms with van der Waals surface area (Å²) in [5, 5.41) is 16.9. The summed E-state index contributed by atoms with van der Waals surface area (Å²) in [5.41, 5.74) is 1.68. The van der Waals surface area contributed by atoms with Crippen molar-refractivity contribution in [2.75, 3.05) is 50.0 Å². The number of nitrogens with one attached hydrogen (secondary N) is 3. The van der Waals surface area contributed by atoms with Gasteiger partial charge < -0.3 is 35.3 Å². The molecule has 5 rings (SSSR count). The number of esters is 1. The van der Waals surface area contributed by atoms with Crippen molar-refractivity contribution >= 4 is 58.4 Å². The average molecular weight is 668 g/mol. The summed E-state index contributed by atoms with van der Waals surface area (Å²) >= 11 is 5.96. The Hall–Kier alpha value is -4.33. The first-order chi connectivity index (χ1) is 22.5. The van der Waals surface area contributed by atoms with E-state index < -0.39 is 23.3 Å². The molecule has 2 aromatic heterocycles. The van der Waals surface area contributed by atoms with Gasteiger partial charge in [0.05, 0.1) is 40.4 Å². The Labute approximate surface area is 277 Å². The summed E-state index contributed by atoms with van der Waals surface area (Å²) in [6, 6.07) is 4.10. The highest BCUT2D eigenvalue weighted by Crippen LogP contribution is 2.38. The fraction of sp³-hybridized carbons (Fsp3) is 0.424. The zero-order chi connectivity index (χ0) is 33.9. The zero-order valence-electron chi connectivity index (χ0n) is 26.9. The molecular weight excluding hydrogens is 629 g/mol. The van der Waals surface area contributed by atoms with Gasteiger partial charge >= 0.3 is 5.97 Å². The fourth-order valence-electron chi connectivity index (χ4n) is 6.00. The van der Waals surface area contributed by atoms with Crippen LogP contribution >= 0.6 is 11.6 Å². The van der Waals surface area contributed by atoms with Crippen LogP contribution in [0.5, 0.6) is 0 Å². The summed E-state index contributed by atoms with van der Waals surface area (Å²) < 4.78 is 19.1. The van der Waals surface area contributed by atoms with Gasteiger partial charge in [-0.25, -0.2) is 19.2 Å². The van der Waals surface area contributed by atoms with Gasteiger partial charge in [0.2, 0.25) is 5.91 Å². The zero-order valence-corrected chi connectivity index (χ0v) is 27.6. The van der Waals surface area contributed by atoms with Crippen LogP contribution in [0.4, 0.5) is 21.7 Å². The van der Waals surface area contributed by atoms with Gasteiger partial charge in [0, 0.05) is 36.7 Å². The van der Waals surface area contributed by atoms with Crippen molar-refractivity contribution < 1.29 is 28.6 Å². The molecule has 4 N–H and O–H groups in total. The van der Waals surface area contributed by atoms with Gasteiger partial charge in [-0.15, -0.1) is 0 Å². The molecule has 0 saturated carbocycles. The molecule has 0 aliphatic carbocycles. The van der Waals surface area contributed by atoms with Crippen LogP contribution in [-0.2, 0) is 20.7 Å². The third kappa shape index (κ3) is 7.32. The molecule has 1 fully saturated rings. The molecule has 0 radical (unpaired) electrons. The lowest BCUT2D eigenvalue weighted by Crippen LogP contribution is -2.52. The minimum absolute atomic E-state index is 0.0823. The smallest absolute Gasteiger partial charge is 0.340 e. The third-order valence-electron chi connectivity index (χ3n) is 8.70. The molecule has 3 aromatic rings. The van der Waals surface area contributed by atoms with Crippen LogP contribution in [0.15, 0.2) is 24.5 Å². The molecule has 0 atom stereocenters. The Kier molecular flexibility index (Phi) is 10.3. The van der Waals surface area contributed by atoms with Crippen LogP contribution in [0.2, 0.25) is 5.02 Å². The second-order valence-electron chi connectivity index (χ2n) is 11.7. The quantitative estimate of drug-likeness (QED) is 0.170. The standard InChI is InChI=1S/C33H39ClFN7O5/c1-5-41(6-2)17-33(46)10-12-42(13-11-33)26(43)16-25-27(32(45)47-7-3)19(4)24(39-25)15-21-28-29(36-18-37-30(28)40-31(21)44)38-20-8-9-23(35)22(34)14-20/h8-9,14-15,18,39,46H,5-7,10-13,16-17H2,1-4H3,(H2,36,37,38,40,44)/b21-15-. The highest BCUT2D eigenvalue weighted by Gasteiger charge is 2.36. The van der Waals surface area contributed by atoms with Gasteiger partial charge in [-0.3, -0.25) is 9.59 Å². The van der Waals surface area contributed by atoms with E-state index in [2.05, 4.69) is 44.3 Å². The van der Waals surface area contributed by atoms with E-state index in [4.69, 9.17) is 16.3 Å². The number of anilines is 3. The highest BCUT2D eigenvalue weighted by atomic mass is 35.5. The molecule has 47 heavy (non-hydrogen) atoms. The van der Waals surface area contributed by atoms with Crippen molar-refractivity contribution in [1.29, 1.82) is 0 Å². The van der Waals surface area contributed by atoms with Gasteiger partial charge in [0.15, 0.2) is 0 Å². The number of carbonyl (C=O) groups is 3. The van der Waals surface area contributed by atoms with E-state index in [1.54, 1.807) is 24.8 Å². The van der Waals surface area contributed by atoms with Gasteiger partial charge in [-0.1, -0.05) is 25.4 Å². The molecule has 2 aliphatic rings. The van der Waals surface area contributed by atoms with Crippen molar-refractivity contribution in [1.82, 2.24) is 24.8 Å². The number of amides is 2. The molecule has 0 spiro atoms. The maximum Gasteiger partial charge on any atom is 0.340 e. The Bertz CT molecular complexity index is 1710. The van der Waals surface area contributed by atoms with E-state index in [9.17, 15) is 23.9 Å². The minimum atomic E-state index is -0.861. The van der Waals surface area contributed by atoms with E-state index in [0.717, 1.165) is 13.1 Å². The van der Waals surface area contributed by atoms with Crippen LogP contribution in [-0.4, -0.2) is 92.6 Å². The molecular formula is C33H39ClFN7O5. The van der Waals surface area contributed by atoms with Crippen LogP contribution in [0.1, 0.15) is 66.5 Å². The summed E-state index contributed by atoms with van der Waals surface area (Å²) in [5.74, 6) is -1.26. The number of piperidine rings is 1. The van der Waals surface area contributed by atoms with Crippen LogP contribution in [0.3, 0.4) is 0 Å². The molecule has 0 bridgehead atoms. The number of halogens is 2. The number of carbonyl (C=O) groups excluding carboxylic acids is 3. The van der Waals surface area contributed by atoms with Gasteiger partial charge in [0.1, 0.15) is 23.8 Å². The summed E-state index contributed by atoms with van der Waals surface area (Å²) in [4.78, 5) is 55.4. The topological polar surface area (TPSA) is 153 Å². The fourth-order valence-corrected chi connectivity index (χ4v) is 6.19. The van der Waals surface area contributed by atoms with E-state index in [1.807, 2.05) is 0 Å². The number of hydrogen-bond donors (Lipinski definition) is 4. The van der Waals surface area contributed by atoms with Crippen LogP contribution in [0, 0.1) is 12.7 Å². The Morgan fingerprint density at radius 1 is 1.21 bits per heavy atom. The van der Waals surface area contributed by atoms with Crippen LogP contribution in [0.25, 0.3) is 11.6 Å². The molecule has 0 unspecified atom stereocenters. The number of benzene rings is 1. The van der Waals surface area contributed by atoms with Gasteiger partial charge in [-0.05, 0) is 69.6 Å². The molecule has 2 aliphatic heterocycles. The first-order valence-electron chi connectivity index (χ1n) is 15.7. The lowest BCUT2D eigenvalue weighted by atomic mass is 9.90. The SMILES string of the molecule is CCOC(=O)c1c(CC(=O)N2CCC(O)(CN(CC)CC)CC2)[nH]c(/C=C2\C(=O)Nc3ncnc(Nc4ccc(F)c(Cl)c4)c32)c1C. The maximum atomic E-state index is 13.8. The molecule has 14 heteroatoms. The van der Waals surface area contributed by atoms with E-state index in [-0.39, 0.29) is 46.7 Å².